The van der Waals surface area contributed by atoms with Gasteiger partial charge in [-0.25, -0.2) is 4.98 Å². The minimum atomic E-state index is -0.171. The summed E-state index contributed by atoms with van der Waals surface area (Å²) in [5, 5.41) is 19.3. The lowest BCUT2D eigenvalue weighted by Crippen LogP contribution is -2.14. The molecule has 0 aliphatic carbocycles. The van der Waals surface area contributed by atoms with Crippen molar-refractivity contribution in [2.75, 3.05) is 10.6 Å². The number of halogens is 1. The summed E-state index contributed by atoms with van der Waals surface area (Å²) in [6, 6.07) is 17.1. The summed E-state index contributed by atoms with van der Waals surface area (Å²) >= 11 is 5.80. The van der Waals surface area contributed by atoms with E-state index >= 15 is 0 Å². The predicted octanol–water partition coefficient (Wildman–Crippen LogP) is 3.36. The van der Waals surface area contributed by atoms with Gasteiger partial charge in [0.25, 0.3) is 0 Å². The van der Waals surface area contributed by atoms with Crippen LogP contribution in [-0.2, 0) is 17.8 Å². The fourth-order valence-electron chi connectivity index (χ4n) is 2.75. The summed E-state index contributed by atoms with van der Waals surface area (Å²) < 4.78 is 1.65. The molecule has 3 heterocycles. The molecule has 3 aromatic heterocycles. The molecule has 0 saturated carbocycles. The molecule has 4 rings (SSSR count). The van der Waals surface area contributed by atoms with E-state index in [4.69, 9.17) is 11.6 Å². The molecular weight excluding hydrogens is 390 g/mol. The Labute approximate surface area is 172 Å². The first-order chi connectivity index (χ1) is 14.2. The van der Waals surface area contributed by atoms with Gasteiger partial charge >= 0.3 is 0 Å². The van der Waals surface area contributed by atoms with E-state index in [9.17, 15) is 4.79 Å². The number of amides is 1. The maximum absolute atomic E-state index is 12.2. The largest absolute Gasteiger partial charge is 0.365 e. The first-order valence-electron chi connectivity index (χ1n) is 9.08. The number of benzene rings is 1. The van der Waals surface area contributed by atoms with Gasteiger partial charge in [0.15, 0.2) is 11.5 Å². The fourth-order valence-corrected chi connectivity index (χ4v) is 2.86. The molecule has 0 saturated heterocycles. The third-order valence-electron chi connectivity index (χ3n) is 4.21. The van der Waals surface area contributed by atoms with Crippen LogP contribution >= 0.6 is 11.6 Å². The van der Waals surface area contributed by atoms with Crippen LogP contribution in [0.3, 0.4) is 0 Å². The minimum Gasteiger partial charge on any atom is -0.365 e. The van der Waals surface area contributed by atoms with E-state index in [1.807, 2.05) is 42.5 Å². The Balaban J connectivity index is 1.39. The SMILES string of the molecule is O=C(CCc1nnc2ccc(NCc3ccccc3)nn12)Nc1ccc(Cl)cn1. The van der Waals surface area contributed by atoms with Gasteiger partial charge in [-0.15, -0.1) is 15.3 Å². The van der Waals surface area contributed by atoms with Crippen LogP contribution in [0.4, 0.5) is 11.6 Å². The lowest BCUT2D eigenvalue weighted by Gasteiger charge is -2.07. The van der Waals surface area contributed by atoms with Crippen LogP contribution in [0.2, 0.25) is 5.02 Å². The highest BCUT2D eigenvalue weighted by Gasteiger charge is 2.11. The summed E-state index contributed by atoms with van der Waals surface area (Å²) in [4.78, 5) is 16.2. The summed E-state index contributed by atoms with van der Waals surface area (Å²) in [7, 11) is 0. The molecule has 0 aliphatic rings. The van der Waals surface area contributed by atoms with Crippen molar-refractivity contribution in [2.24, 2.45) is 0 Å². The van der Waals surface area contributed by atoms with Crippen LogP contribution < -0.4 is 10.6 Å². The van der Waals surface area contributed by atoms with Crippen LogP contribution in [0, 0.1) is 0 Å². The van der Waals surface area contributed by atoms with Crippen LogP contribution in [0.15, 0.2) is 60.8 Å². The average molecular weight is 408 g/mol. The molecule has 4 aromatic rings. The van der Waals surface area contributed by atoms with E-state index in [-0.39, 0.29) is 12.3 Å². The Hall–Kier alpha value is -3.52. The van der Waals surface area contributed by atoms with E-state index in [0.29, 0.717) is 41.1 Å². The van der Waals surface area contributed by atoms with Crippen LogP contribution in [0.5, 0.6) is 0 Å². The van der Waals surface area contributed by atoms with Gasteiger partial charge in [-0.2, -0.15) is 4.52 Å². The molecule has 0 atom stereocenters. The number of fused-ring (bicyclic) bond motifs is 1. The van der Waals surface area contributed by atoms with E-state index < -0.39 is 0 Å². The standard InChI is InChI=1S/C20H18ClN7O/c21-15-6-7-16(23-13-15)24-20(29)11-10-19-26-25-18-9-8-17(27-28(18)19)22-12-14-4-2-1-3-5-14/h1-9,13H,10-12H2,(H,22,27)(H,23,24,29). The minimum absolute atomic E-state index is 0.171. The summed E-state index contributed by atoms with van der Waals surface area (Å²) in [5.41, 5.74) is 1.79. The van der Waals surface area contributed by atoms with E-state index in [1.165, 1.54) is 6.20 Å². The second-order valence-corrected chi connectivity index (χ2v) is 6.79. The normalized spacial score (nSPS) is 10.8. The number of nitrogens with one attached hydrogen (secondary N) is 2. The lowest BCUT2D eigenvalue weighted by molar-refractivity contribution is -0.116. The van der Waals surface area contributed by atoms with E-state index in [1.54, 1.807) is 16.6 Å². The maximum Gasteiger partial charge on any atom is 0.225 e. The molecule has 146 valence electrons. The number of rotatable bonds is 7. The van der Waals surface area contributed by atoms with Gasteiger partial charge in [0.2, 0.25) is 5.91 Å². The molecule has 0 bridgehead atoms. The highest BCUT2D eigenvalue weighted by Crippen LogP contribution is 2.12. The Bertz CT molecular complexity index is 1110. The smallest absolute Gasteiger partial charge is 0.225 e. The molecule has 0 radical (unpaired) electrons. The lowest BCUT2D eigenvalue weighted by atomic mass is 10.2. The molecule has 0 aliphatic heterocycles. The van der Waals surface area contributed by atoms with Crippen molar-refractivity contribution in [3.63, 3.8) is 0 Å². The van der Waals surface area contributed by atoms with Gasteiger partial charge in [-0.1, -0.05) is 41.9 Å². The molecular formula is C20H18ClN7O. The van der Waals surface area contributed by atoms with Crippen molar-refractivity contribution in [3.8, 4) is 0 Å². The number of anilines is 2. The second-order valence-electron chi connectivity index (χ2n) is 6.35. The van der Waals surface area contributed by atoms with Gasteiger partial charge in [-0.3, -0.25) is 4.79 Å². The van der Waals surface area contributed by atoms with Crippen LogP contribution in [0.25, 0.3) is 5.65 Å². The van der Waals surface area contributed by atoms with Crippen molar-refractivity contribution in [2.45, 2.75) is 19.4 Å². The molecule has 1 aromatic carbocycles. The number of pyridine rings is 1. The monoisotopic (exact) mass is 407 g/mol. The number of aryl methyl sites for hydroxylation is 1. The first kappa shape index (κ1) is 18.8. The predicted molar refractivity (Wildman–Crippen MR) is 111 cm³/mol. The molecule has 2 N–H and O–H groups in total. The fraction of sp³-hybridized carbons (Fsp3) is 0.150. The summed E-state index contributed by atoms with van der Waals surface area (Å²) in [5.74, 6) is 1.60. The first-order valence-corrected chi connectivity index (χ1v) is 9.46. The summed E-state index contributed by atoms with van der Waals surface area (Å²) in [6.07, 6.45) is 2.11. The van der Waals surface area contributed by atoms with Crippen molar-refractivity contribution >= 4 is 34.8 Å². The Morgan fingerprint density at radius 2 is 1.83 bits per heavy atom. The Kier molecular flexibility index (Phi) is 5.62. The molecule has 0 spiro atoms. The highest BCUT2D eigenvalue weighted by atomic mass is 35.5. The number of carbonyl (C=O) groups is 1. The second kappa shape index (κ2) is 8.66. The zero-order valence-corrected chi connectivity index (χ0v) is 16.2. The highest BCUT2D eigenvalue weighted by molar-refractivity contribution is 6.30. The van der Waals surface area contributed by atoms with Crippen molar-refractivity contribution < 1.29 is 4.79 Å². The topological polar surface area (TPSA) is 97.1 Å². The maximum atomic E-state index is 12.2. The Morgan fingerprint density at radius 3 is 2.62 bits per heavy atom. The molecule has 0 unspecified atom stereocenters. The van der Waals surface area contributed by atoms with Crippen LogP contribution in [0.1, 0.15) is 17.8 Å². The number of nitrogens with zero attached hydrogens (tertiary/aromatic N) is 5. The number of carbonyl (C=O) groups excluding carboxylic acids is 1. The van der Waals surface area contributed by atoms with Gasteiger partial charge in [0.1, 0.15) is 11.6 Å². The van der Waals surface area contributed by atoms with Gasteiger partial charge in [-0.05, 0) is 29.8 Å². The molecule has 0 fully saturated rings. The third kappa shape index (κ3) is 4.85. The molecule has 29 heavy (non-hydrogen) atoms. The van der Waals surface area contributed by atoms with Gasteiger partial charge in [0, 0.05) is 25.6 Å². The van der Waals surface area contributed by atoms with E-state index in [0.717, 1.165) is 5.56 Å². The summed E-state index contributed by atoms with van der Waals surface area (Å²) in [6.45, 7) is 0.660. The number of aromatic nitrogens is 5. The van der Waals surface area contributed by atoms with Crippen molar-refractivity contribution in [3.05, 3.63) is 77.2 Å². The average Bonchev–Trinajstić information content (AvgIpc) is 3.15. The molecule has 9 heteroatoms. The molecule has 8 nitrogen and oxygen atoms in total. The number of hydrogen-bond acceptors (Lipinski definition) is 6. The van der Waals surface area contributed by atoms with Crippen molar-refractivity contribution in [1.29, 1.82) is 0 Å². The van der Waals surface area contributed by atoms with Gasteiger partial charge in [0.05, 0.1) is 5.02 Å². The zero-order chi connectivity index (χ0) is 20.1. The molecule has 1 amide bonds. The third-order valence-corrected chi connectivity index (χ3v) is 4.44. The zero-order valence-electron chi connectivity index (χ0n) is 15.4. The van der Waals surface area contributed by atoms with Crippen molar-refractivity contribution in [1.82, 2.24) is 24.8 Å². The van der Waals surface area contributed by atoms with Gasteiger partial charge < -0.3 is 10.6 Å². The quantitative estimate of drug-likeness (QED) is 0.487. The Morgan fingerprint density at radius 1 is 1.00 bits per heavy atom. The number of hydrogen-bond donors (Lipinski definition) is 2. The van der Waals surface area contributed by atoms with Crippen LogP contribution in [-0.4, -0.2) is 30.7 Å². The van der Waals surface area contributed by atoms with E-state index in [2.05, 4.69) is 30.9 Å².